The lowest BCUT2D eigenvalue weighted by Gasteiger charge is -2.12. The van der Waals surface area contributed by atoms with Crippen molar-refractivity contribution in [3.8, 4) is 5.75 Å². The molecule has 110 valence electrons. The van der Waals surface area contributed by atoms with Gasteiger partial charge in [-0.3, -0.25) is 15.4 Å². The predicted octanol–water partition coefficient (Wildman–Crippen LogP) is 3.05. The minimum atomic E-state index is -4.78. The lowest BCUT2D eigenvalue weighted by atomic mass is 10.2. The first kappa shape index (κ1) is 14.8. The van der Waals surface area contributed by atoms with Crippen molar-refractivity contribution < 1.29 is 17.9 Å². The lowest BCUT2D eigenvalue weighted by molar-refractivity contribution is -0.274. The van der Waals surface area contributed by atoms with Crippen LogP contribution in [0.25, 0.3) is 0 Å². The van der Waals surface area contributed by atoms with Gasteiger partial charge in [-0.05, 0) is 30.7 Å². The van der Waals surface area contributed by atoms with Crippen LogP contribution >= 0.6 is 0 Å². The van der Waals surface area contributed by atoms with E-state index < -0.39 is 12.1 Å². The Morgan fingerprint density at radius 2 is 1.90 bits per heavy atom. The van der Waals surface area contributed by atoms with Crippen LogP contribution in [0.2, 0.25) is 0 Å². The highest BCUT2D eigenvalue weighted by Gasteiger charge is 2.31. The van der Waals surface area contributed by atoms with E-state index in [9.17, 15) is 13.2 Å². The third kappa shape index (κ3) is 3.71. The number of nitrogens with one attached hydrogen (secondary N) is 2. The average Bonchev–Trinajstić information content (AvgIpc) is 2.39. The standard InChI is InChI=1S/C14H12F3N3O/c1-9-5-6-12(18)20(8-9)13(19)10-3-2-4-11(7-10)21-14(15,16)17/h2-8,18-19H,1H3. The molecule has 0 saturated heterocycles. The summed E-state index contributed by atoms with van der Waals surface area (Å²) >= 11 is 0. The largest absolute Gasteiger partial charge is 0.573 e. The SMILES string of the molecule is Cc1ccc(=N)n(C(=N)c2cccc(OC(F)(F)F)c2)c1. The minimum Gasteiger partial charge on any atom is -0.406 e. The molecule has 1 aromatic heterocycles. The lowest BCUT2D eigenvalue weighted by Crippen LogP contribution is -2.26. The summed E-state index contributed by atoms with van der Waals surface area (Å²) < 4.78 is 41.7. The van der Waals surface area contributed by atoms with Crippen molar-refractivity contribution in [2.24, 2.45) is 0 Å². The quantitative estimate of drug-likeness (QED) is 0.649. The minimum absolute atomic E-state index is 0.0627. The van der Waals surface area contributed by atoms with Crippen molar-refractivity contribution in [2.75, 3.05) is 0 Å². The average molecular weight is 295 g/mol. The first-order valence-electron chi connectivity index (χ1n) is 5.95. The number of hydrogen-bond donors (Lipinski definition) is 2. The van der Waals surface area contributed by atoms with E-state index in [2.05, 4.69) is 4.74 Å². The molecule has 1 aromatic carbocycles. The van der Waals surface area contributed by atoms with Gasteiger partial charge in [-0.15, -0.1) is 13.2 Å². The van der Waals surface area contributed by atoms with Crippen LogP contribution < -0.4 is 10.2 Å². The number of hydrogen-bond acceptors (Lipinski definition) is 3. The predicted molar refractivity (Wildman–Crippen MR) is 70.4 cm³/mol. The Kier molecular flexibility index (Phi) is 3.84. The van der Waals surface area contributed by atoms with Gasteiger partial charge in [0.2, 0.25) is 0 Å². The van der Waals surface area contributed by atoms with Gasteiger partial charge in [0, 0.05) is 11.8 Å². The highest BCUT2D eigenvalue weighted by molar-refractivity contribution is 5.98. The van der Waals surface area contributed by atoms with Crippen molar-refractivity contribution in [2.45, 2.75) is 13.3 Å². The van der Waals surface area contributed by atoms with Crippen molar-refractivity contribution in [3.63, 3.8) is 0 Å². The van der Waals surface area contributed by atoms with E-state index >= 15 is 0 Å². The summed E-state index contributed by atoms with van der Waals surface area (Å²) in [5, 5.41) is 15.8. The van der Waals surface area contributed by atoms with E-state index in [1.807, 2.05) is 0 Å². The highest BCUT2D eigenvalue weighted by atomic mass is 19.4. The number of alkyl halides is 3. The number of aromatic nitrogens is 1. The molecule has 2 rings (SSSR count). The number of halogens is 3. The van der Waals surface area contributed by atoms with Crippen molar-refractivity contribution in [3.05, 3.63) is 59.2 Å². The number of pyridine rings is 1. The zero-order valence-corrected chi connectivity index (χ0v) is 11.0. The third-order valence-electron chi connectivity index (χ3n) is 2.68. The van der Waals surface area contributed by atoms with Gasteiger partial charge in [0.1, 0.15) is 17.1 Å². The molecule has 21 heavy (non-hydrogen) atoms. The van der Waals surface area contributed by atoms with Crippen LogP contribution in [0, 0.1) is 17.7 Å². The zero-order valence-electron chi connectivity index (χ0n) is 11.0. The smallest absolute Gasteiger partial charge is 0.406 e. The number of aryl methyl sites for hydroxylation is 1. The molecule has 0 bridgehead atoms. The summed E-state index contributed by atoms with van der Waals surface area (Å²) in [5.41, 5.74) is 1.12. The Hall–Kier alpha value is -2.57. The first-order valence-corrected chi connectivity index (χ1v) is 5.95. The van der Waals surface area contributed by atoms with Gasteiger partial charge in [-0.1, -0.05) is 18.2 Å². The number of benzene rings is 1. The van der Waals surface area contributed by atoms with E-state index in [0.29, 0.717) is 0 Å². The molecule has 0 atom stereocenters. The molecule has 1 heterocycles. The molecule has 2 N–H and O–H groups in total. The fourth-order valence-corrected chi connectivity index (χ4v) is 1.77. The number of ether oxygens (including phenoxy) is 1. The molecule has 0 aliphatic rings. The van der Waals surface area contributed by atoms with Gasteiger partial charge < -0.3 is 4.74 Å². The van der Waals surface area contributed by atoms with E-state index in [0.717, 1.165) is 17.7 Å². The Bertz CT molecular complexity index is 735. The summed E-state index contributed by atoms with van der Waals surface area (Å²) in [6, 6.07) is 8.36. The van der Waals surface area contributed by atoms with E-state index in [4.69, 9.17) is 10.8 Å². The molecule has 7 heteroatoms. The van der Waals surface area contributed by atoms with Gasteiger partial charge in [0.15, 0.2) is 0 Å². The summed E-state index contributed by atoms with van der Waals surface area (Å²) in [6.45, 7) is 1.80. The Morgan fingerprint density at radius 1 is 1.19 bits per heavy atom. The van der Waals surface area contributed by atoms with Crippen LogP contribution in [0.15, 0.2) is 42.6 Å². The zero-order chi connectivity index (χ0) is 15.6. The molecule has 0 fully saturated rings. The molecule has 2 aromatic rings. The van der Waals surface area contributed by atoms with Gasteiger partial charge in [0.25, 0.3) is 0 Å². The first-order chi connectivity index (χ1) is 9.76. The molecular weight excluding hydrogens is 283 g/mol. The Labute approximate surface area is 118 Å². The monoisotopic (exact) mass is 295 g/mol. The maximum atomic E-state index is 12.2. The van der Waals surface area contributed by atoms with Gasteiger partial charge in [-0.2, -0.15) is 0 Å². The molecule has 0 saturated carbocycles. The number of nitrogens with zero attached hydrogens (tertiary/aromatic N) is 1. The van der Waals surface area contributed by atoms with Crippen LogP contribution in [0.4, 0.5) is 13.2 Å². The van der Waals surface area contributed by atoms with Crippen LogP contribution in [0.3, 0.4) is 0 Å². The Balaban J connectivity index is 2.38. The van der Waals surface area contributed by atoms with Crippen molar-refractivity contribution >= 4 is 5.84 Å². The summed E-state index contributed by atoms with van der Waals surface area (Å²) in [6.07, 6.45) is -3.21. The van der Waals surface area contributed by atoms with Crippen molar-refractivity contribution in [1.82, 2.24) is 4.57 Å². The molecular formula is C14H12F3N3O. The van der Waals surface area contributed by atoms with Crippen LogP contribution in [-0.2, 0) is 0 Å². The van der Waals surface area contributed by atoms with Crippen LogP contribution in [0.5, 0.6) is 5.75 Å². The summed E-state index contributed by atoms with van der Waals surface area (Å²) in [4.78, 5) is 0. The second kappa shape index (κ2) is 5.43. The highest BCUT2D eigenvalue weighted by Crippen LogP contribution is 2.23. The topological polar surface area (TPSA) is 61.9 Å². The molecule has 0 radical (unpaired) electrons. The van der Waals surface area contributed by atoms with Crippen molar-refractivity contribution in [1.29, 1.82) is 10.8 Å². The fraction of sp³-hybridized carbons (Fsp3) is 0.143. The third-order valence-corrected chi connectivity index (χ3v) is 2.68. The van der Waals surface area contributed by atoms with Gasteiger partial charge in [-0.25, -0.2) is 0 Å². The van der Waals surface area contributed by atoms with E-state index in [-0.39, 0.29) is 16.9 Å². The fourth-order valence-electron chi connectivity index (χ4n) is 1.77. The van der Waals surface area contributed by atoms with E-state index in [1.54, 1.807) is 19.2 Å². The molecule has 0 aliphatic carbocycles. The van der Waals surface area contributed by atoms with E-state index in [1.165, 1.54) is 22.8 Å². The van der Waals surface area contributed by atoms with Crippen LogP contribution in [-0.4, -0.2) is 16.8 Å². The molecule has 0 amide bonds. The summed E-state index contributed by atoms with van der Waals surface area (Å²) in [7, 11) is 0. The Morgan fingerprint density at radius 3 is 2.57 bits per heavy atom. The molecule has 0 unspecified atom stereocenters. The second-order valence-electron chi connectivity index (χ2n) is 4.39. The van der Waals surface area contributed by atoms with Gasteiger partial charge >= 0.3 is 6.36 Å². The maximum absolute atomic E-state index is 12.2. The van der Waals surface area contributed by atoms with Crippen LogP contribution in [0.1, 0.15) is 11.1 Å². The summed E-state index contributed by atoms with van der Waals surface area (Å²) in [5.74, 6) is -0.499. The normalized spacial score (nSPS) is 11.2. The molecule has 4 nitrogen and oxygen atoms in total. The molecule has 0 spiro atoms. The molecule has 0 aliphatic heterocycles. The maximum Gasteiger partial charge on any atom is 0.573 e. The number of rotatable bonds is 2. The van der Waals surface area contributed by atoms with Gasteiger partial charge in [0.05, 0.1) is 0 Å². The second-order valence-corrected chi connectivity index (χ2v) is 4.39.